The molecule has 1 atom stereocenters. The van der Waals surface area contributed by atoms with Crippen molar-refractivity contribution >= 4 is 29.0 Å². The summed E-state index contributed by atoms with van der Waals surface area (Å²) in [5.74, 6) is 0.0143. The highest BCUT2D eigenvalue weighted by atomic mass is 35.5. The molecule has 2 nitrogen and oxygen atoms in total. The molecule has 0 spiro atoms. The van der Waals surface area contributed by atoms with Crippen LogP contribution in [0.3, 0.4) is 0 Å². The molecule has 1 heterocycles. The third-order valence-electron chi connectivity index (χ3n) is 3.46. The van der Waals surface area contributed by atoms with E-state index >= 15 is 0 Å². The van der Waals surface area contributed by atoms with Gasteiger partial charge in [0.1, 0.15) is 5.15 Å². The van der Waals surface area contributed by atoms with Crippen molar-refractivity contribution < 1.29 is 4.79 Å². The summed E-state index contributed by atoms with van der Waals surface area (Å²) >= 11 is 11.7. The number of nitrogens with zero attached hydrogens (tertiary/aromatic N) is 1. The van der Waals surface area contributed by atoms with Crippen LogP contribution in [0.2, 0.25) is 10.2 Å². The lowest BCUT2D eigenvalue weighted by Crippen LogP contribution is -2.21. The zero-order chi connectivity index (χ0) is 15.4. The highest BCUT2D eigenvalue weighted by Crippen LogP contribution is 2.32. The van der Waals surface area contributed by atoms with E-state index in [4.69, 9.17) is 23.2 Å². The smallest absolute Gasteiger partial charge is 0.172 e. The van der Waals surface area contributed by atoms with Gasteiger partial charge >= 0.3 is 0 Å². The van der Waals surface area contributed by atoms with Crippen molar-refractivity contribution in [3.63, 3.8) is 0 Å². The lowest BCUT2D eigenvalue weighted by atomic mass is 9.81. The van der Waals surface area contributed by atoms with E-state index in [0.717, 1.165) is 24.1 Å². The lowest BCUT2D eigenvalue weighted by Gasteiger charge is -2.23. The minimum Gasteiger partial charge on any atom is -0.293 e. The fraction of sp³-hybridized carbons (Fsp3) is 0.294. The minimum absolute atomic E-state index is 0.104. The quantitative estimate of drug-likeness (QED) is 0.664. The van der Waals surface area contributed by atoms with Gasteiger partial charge in [0.05, 0.1) is 5.69 Å². The molecule has 0 bridgehead atoms. The molecule has 0 saturated carbocycles. The van der Waals surface area contributed by atoms with E-state index in [1.165, 1.54) is 0 Å². The molecular formula is C17H17Cl2NO. The molecule has 2 aromatic rings. The van der Waals surface area contributed by atoms with Crippen molar-refractivity contribution in [2.24, 2.45) is 0 Å². The number of Topliss-reactive ketones (excluding diaryl/α,β-unsaturated/α-hetero) is 1. The fourth-order valence-electron chi connectivity index (χ4n) is 2.50. The maximum absolute atomic E-state index is 12.5. The number of aromatic nitrogens is 1. The van der Waals surface area contributed by atoms with E-state index in [9.17, 15) is 4.79 Å². The van der Waals surface area contributed by atoms with Gasteiger partial charge in [-0.1, -0.05) is 49.2 Å². The average molecular weight is 322 g/mol. The number of hydrogen-bond acceptors (Lipinski definition) is 2. The number of ketones is 1. The molecule has 1 unspecified atom stereocenters. The number of halogens is 2. The Balaban J connectivity index is 0.000000774. The molecule has 110 valence electrons. The largest absolute Gasteiger partial charge is 0.293 e. The second-order valence-electron chi connectivity index (χ2n) is 4.64. The van der Waals surface area contributed by atoms with Crippen molar-refractivity contribution in [2.45, 2.75) is 32.6 Å². The Morgan fingerprint density at radius 1 is 1.05 bits per heavy atom. The van der Waals surface area contributed by atoms with Crippen molar-refractivity contribution in [3.8, 4) is 0 Å². The van der Waals surface area contributed by atoms with Crippen LogP contribution in [0.25, 0.3) is 0 Å². The van der Waals surface area contributed by atoms with Gasteiger partial charge in [-0.05, 0) is 42.7 Å². The number of hydrogen-bond donors (Lipinski definition) is 0. The molecule has 3 rings (SSSR count). The van der Waals surface area contributed by atoms with Crippen LogP contribution in [0.15, 0.2) is 36.4 Å². The second-order valence-corrected chi connectivity index (χ2v) is 5.46. The molecule has 0 aliphatic heterocycles. The Morgan fingerprint density at radius 2 is 1.71 bits per heavy atom. The van der Waals surface area contributed by atoms with Gasteiger partial charge < -0.3 is 0 Å². The maximum Gasteiger partial charge on any atom is 0.172 e. The first-order valence-electron chi connectivity index (χ1n) is 7.10. The van der Waals surface area contributed by atoms with E-state index in [-0.39, 0.29) is 11.7 Å². The van der Waals surface area contributed by atoms with Gasteiger partial charge in [0, 0.05) is 16.5 Å². The monoisotopic (exact) mass is 321 g/mol. The minimum atomic E-state index is -0.104. The van der Waals surface area contributed by atoms with Crippen LogP contribution in [0.5, 0.6) is 0 Å². The van der Waals surface area contributed by atoms with Crippen LogP contribution in [0.4, 0.5) is 0 Å². The van der Waals surface area contributed by atoms with Crippen molar-refractivity contribution in [2.75, 3.05) is 0 Å². The number of benzene rings is 1. The highest BCUT2D eigenvalue weighted by Gasteiger charge is 2.29. The van der Waals surface area contributed by atoms with Crippen LogP contribution in [-0.4, -0.2) is 10.8 Å². The summed E-state index contributed by atoms with van der Waals surface area (Å²) in [6.07, 6.45) is 1.54. The molecule has 0 N–H and O–H groups in total. The molecule has 0 fully saturated rings. The number of aryl methyl sites for hydroxylation is 1. The zero-order valence-electron chi connectivity index (χ0n) is 12.1. The van der Waals surface area contributed by atoms with E-state index in [1.807, 2.05) is 38.1 Å². The van der Waals surface area contributed by atoms with E-state index in [0.29, 0.717) is 15.7 Å². The zero-order valence-corrected chi connectivity index (χ0v) is 13.6. The molecular weight excluding hydrogens is 305 g/mol. The summed E-state index contributed by atoms with van der Waals surface area (Å²) in [4.78, 5) is 16.7. The molecule has 4 heteroatoms. The van der Waals surface area contributed by atoms with Gasteiger partial charge in [0.25, 0.3) is 0 Å². The Bertz CT molecular complexity index is 638. The van der Waals surface area contributed by atoms with Crippen LogP contribution < -0.4 is 0 Å². The summed E-state index contributed by atoms with van der Waals surface area (Å²) in [6.45, 7) is 4.00. The van der Waals surface area contributed by atoms with Gasteiger partial charge in [-0.25, -0.2) is 4.98 Å². The SMILES string of the molecule is CC.O=C1c2ccc(Cl)nc2CCC1c1ccc(Cl)cc1. The molecule has 0 saturated heterocycles. The predicted octanol–water partition coefficient (Wildman–Crippen LogP) is 5.33. The van der Waals surface area contributed by atoms with Crippen LogP contribution in [-0.2, 0) is 6.42 Å². The molecule has 1 aliphatic carbocycles. The van der Waals surface area contributed by atoms with Crippen molar-refractivity contribution in [3.05, 3.63) is 63.4 Å². The summed E-state index contributed by atoms with van der Waals surface area (Å²) in [7, 11) is 0. The van der Waals surface area contributed by atoms with Crippen LogP contribution >= 0.6 is 23.2 Å². The highest BCUT2D eigenvalue weighted by molar-refractivity contribution is 6.30. The maximum atomic E-state index is 12.5. The average Bonchev–Trinajstić information content (AvgIpc) is 2.51. The van der Waals surface area contributed by atoms with Crippen LogP contribution in [0, 0.1) is 0 Å². The van der Waals surface area contributed by atoms with Gasteiger partial charge in [-0.2, -0.15) is 0 Å². The Labute approximate surface area is 135 Å². The van der Waals surface area contributed by atoms with Gasteiger partial charge in [0.2, 0.25) is 0 Å². The van der Waals surface area contributed by atoms with Gasteiger partial charge in [0.15, 0.2) is 5.78 Å². The number of rotatable bonds is 1. The van der Waals surface area contributed by atoms with E-state index in [2.05, 4.69) is 4.98 Å². The van der Waals surface area contributed by atoms with E-state index < -0.39 is 0 Å². The van der Waals surface area contributed by atoms with E-state index in [1.54, 1.807) is 12.1 Å². The summed E-state index contributed by atoms with van der Waals surface area (Å²) < 4.78 is 0. The molecule has 0 radical (unpaired) electrons. The van der Waals surface area contributed by atoms with Gasteiger partial charge in [-0.15, -0.1) is 0 Å². The fourth-order valence-corrected chi connectivity index (χ4v) is 2.79. The first kappa shape index (κ1) is 16.0. The number of carbonyl (C=O) groups is 1. The lowest BCUT2D eigenvalue weighted by molar-refractivity contribution is 0.0945. The number of pyridine rings is 1. The van der Waals surface area contributed by atoms with Gasteiger partial charge in [-0.3, -0.25) is 4.79 Å². The summed E-state index contributed by atoms with van der Waals surface area (Å²) in [6, 6.07) is 10.9. The molecule has 1 aromatic heterocycles. The molecule has 0 amide bonds. The standard InChI is InChI=1S/C15H11Cl2NO.C2H6/c16-10-3-1-9(2-4-10)11-5-7-13-12(15(11)19)6-8-14(17)18-13;1-2/h1-4,6,8,11H,5,7H2;1-2H3. The normalized spacial score (nSPS) is 16.8. The predicted molar refractivity (Wildman–Crippen MR) is 87.4 cm³/mol. The Morgan fingerprint density at radius 3 is 2.38 bits per heavy atom. The number of carbonyl (C=O) groups excluding carboxylic acids is 1. The first-order chi connectivity index (χ1) is 10.1. The first-order valence-corrected chi connectivity index (χ1v) is 7.86. The van der Waals surface area contributed by atoms with Crippen LogP contribution in [0.1, 0.15) is 47.8 Å². The molecule has 21 heavy (non-hydrogen) atoms. The third kappa shape index (κ3) is 3.45. The second kappa shape index (κ2) is 7.06. The third-order valence-corrected chi connectivity index (χ3v) is 3.93. The number of fused-ring (bicyclic) bond motifs is 1. The Kier molecular flexibility index (Phi) is 5.38. The molecule has 1 aromatic carbocycles. The molecule has 1 aliphatic rings. The van der Waals surface area contributed by atoms with Crippen molar-refractivity contribution in [1.82, 2.24) is 4.98 Å². The summed E-state index contributed by atoms with van der Waals surface area (Å²) in [5.41, 5.74) is 2.51. The topological polar surface area (TPSA) is 30.0 Å². The summed E-state index contributed by atoms with van der Waals surface area (Å²) in [5, 5.41) is 1.12. The Hall–Kier alpha value is -1.38. The van der Waals surface area contributed by atoms with Crippen molar-refractivity contribution in [1.29, 1.82) is 0 Å².